The van der Waals surface area contributed by atoms with Gasteiger partial charge >= 0.3 is 5.97 Å². The van der Waals surface area contributed by atoms with Gasteiger partial charge in [-0.1, -0.05) is 12.8 Å². The summed E-state index contributed by atoms with van der Waals surface area (Å²) in [6, 6.07) is -0.881. The minimum absolute atomic E-state index is 0.175. The molecule has 0 aliphatic heterocycles. The van der Waals surface area contributed by atoms with Gasteiger partial charge < -0.3 is 15.6 Å². The van der Waals surface area contributed by atoms with Crippen LogP contribution in [0.4, 0.5) is 0 Å². The molecule has 0 unspecified atom stereocenters. The van der Waals surface area contributed by atoms with Gasteiger partial charge in [0.05, 0.1) is 13.2 Å². The molecule has 0 bridgehead atoms. The molecule has 4 heteroatoms. The first-order chi connectivity index (χ1) is 6.16. The summed E-state index contributed by atoms with van der Waals surface area (Å²) < 4.78 is 4.47. The van der Waals surface area contributed by atoms with Crippen molar-refractivity contribution in [3.05, 3.63) is 0 Å². The number of rotatable bonds is 3. The first kappa shape index (κ1) is 10.5. The molecule has 0 heterocycles. The maximum atomic E-state index is 11.0. The van der Waals surface area contributed by atoms with Crippen LogP contribution in [0, 0.1) is 5.92 Å². The Morgan fingerprint density at radius 2 is 2.08 bits per heavy atom. The molecule has 0 aromatic carbocycles. The number of aliphatic hydroxyl groups is 1. The van der Waals surface area contributed by atoms with Gasteiger partial charge in [-0.05, 0) is 18.8 Å². The highest BCUT2D eigenvalue weighted by Gasteiger charge is 2.32. The lowest BCUT2D eigenvalue weighted by atomic mass is 9.95. The smallest absolute Gasteiger partial charge is 0.325 e. The van der Waals surface area contributed by atoms with Crippen molar-refractivity contribution in [2.24, 2.45) is 11.7 Å². The summed E-state index contributed by atoms with van der Waals surface area (Å²) in [5.74, 6) is -0.353. The van der Waals surface area contributed by atoms with Crippen LogP contribution in [0.25, 0.3) is 0 Å². The van der Waals surface area contributed by atoms with E-state index in [0.29, 0.717) is 0 Å². The van der Waals surface area contributed by atoms with Crippen LogP contribution >= 0.6 is 0 Å². The maximum absolute atomic E-state index is 11.0. The molecule has 0 saturated heterocycles. The zero-order chi connectivity index (χ0) is 9.84. The van der Waals surface area contributed by atoms with Crippen LogP contribution in [0.3, 0.4) is 0 Å². The van der Waals surface area contributed by atoms with E-state index in [2.05, 4.69) is 4.74 Å². The van der Waals surface area contributed by atoms with E-state index in [9.17, 15) is 9.90 Å². The average molecular weight is 187 g/mol. The van der Waals surface area contributed by atoms with E-state index in [4.69, 9.17) is 5.73 Å². The van der Waals surface area contributed by atoms with Crippen molar-refractivity contribution in [3.63, 3.8) is 0 Å². The number of hydrogen-bond acceptors (Lipinski definition) is 4. The van der Waals surface area contributed by atoms with Crippen LogP contribution in [-0.2, 0) is 9.53 Å². The van der Waals surface area contributed by atoms with Gasteiger partial charge in [-0.3, -0.25) is 4.79 Å². The van der Waals surface area contributed by atoms with Crippen molar-refractivity contribution >= 4 is 5.97 Å². The minimum Gasteiger partial charge on any atom is -0.468 e. The van der Waals surface area contributed by atoms with Gasteiger partial charge in [0, 0.05) is 0 Å². The Kier molecular flexibility index (Phi) is 3.69. The second-order valence-electron chi connectivity index (χ2n) is 3.58. The fourth-order valence-electron chi connectivity index (χ4n) is 1.87. The number of carbonyl (C=O) groups is 1. The number of aliphatic hydroxyl groups excluding tert-OH is 1. The molecule has 1 aliphatic carbocycles. The second kappa shape index (κ2) is 4.58. The molecule has 0 amide bonds. The molecular weight excluding hydrogens is 170 g/mol. The van der Waals surface area contributed by atoms with Gasteiger partial charge in [0.15, 0.2) is 0 Å². The van der Waals surface area contributed by atoms with E-state index < -0.39 is 18.1 Å². The van der Waals surface area contributed by atoms with Crippen molar-refractivity contribution in [2.45, 2.75) is 37.8 Å². The molecule has 4 nitrogen and oxygen atoms in total. The van der Waals surface area contributed by atoms with Gasteiger partial charge in [-0.2, -0.15) is 0 Å². The quantitative estimate of drug-likeness (QED) is 0.612. The Morgan fingerprint density at radius 3 is 2.54 bits per heavy atom. The summed E-state index contributed by atoms with van der Waals surface area (Å²) in [4.78, 5) is 11.0. The Bertz CT molecular complexity index is 178. The lowest BCUT2D eigenvalue weighted by Crippen LogP contribution is -2.45. The van der Waals surface area contributed by atoms with Crippen molar-refractivity contribution in [3.8, 4) is 0 Å². The van der Waals surface area contributed by atoms with E-state index in [1.807, 2.05) is 0 Å². The van der Waals surface area contributed by atoms with Gasteiger partial charge in [-0.15, -0.1) is 0 Å². The van der Waals surface area contributed by atoms with Crippen molar-refractivity contribution < 1.29 is 14.6 Å². The largest absolute Gasteiger partial charge is 0.468 e. The van der Waals surface area contributed by atoms with Gasteiger partial charge in [0.2, 0.25) is 0 Å². The third-order valence-electron chi connectivity index (χ3n) is 2.72. The molecule has 3 N–H and O–H groups in total. The van der Waals surface area contributed by atoms with Gasteiger partial charge in [-0.25, -0.2) is 0 Å². The van der Waals surface area contributed by atoms with Crippen LogP contribution < -0.4 is 5.73 Å². The third-order valence-corrected chi connectivity index (χ3v) is 2.72. The highest BCUT2D eigenvalue weighted by molar-refractivity contribution is 5.76. The first-order valence-corrected chi connectivity index (χ1v) is 4.68. The van der Waals surface area contributed by atoms with E-state index in [0.717, 1.165) is 25.7 Å². The zero-order valence-corrected chi connectivity index (χ0v) is 7.90. The van der Waals surface area contributed by atoms with Crippen LogP contribution in [0.5, 0.6) is 0 Å². The summed E-state index contributed by atoms with van der Waals surface area (Å²) in [7, 11) is 1.28. The number of carbonyl (C=O) groups excluding carboxylic acids is 1. The van der Waals surface area contributed by atoms with Gasteiger partial charge in [0.1, 0.15) is 6.04 Å². The zero-order valence-electron chi connectivity index (χ0n) is 7.90. The summed E-state index contributed by atoms with van der Waals surface area (Å²) in [5.41, 5.74) is 5.53. The fraction of sp³-hybridized carbons (Fsp3) is 0.889. The Hall–Kier alpha value is -0.610. The molecule has 1 saturated carbocycles. The normalized spacial score (nSPS) is 22.7. The number of esters is 1. The van der Waals surface area contributed by atoms with Crippen LogP contribution in [0.1, 0.15) is 25.7 Å². The summed E-state index contributed by atoms with van der Waals surface area (Å²) in [6.07, 6.45) is 3.43. The summed E-state index contributed by atoms with van der Waals surface area (Å²) in [5, 5.41) is 9.69. The molecule has 0 aromatic rings. The molecule has 0 radical (unpaired) electrons. The predicted octanol–water partition coefficient (Wildman–Crippen LogP) is 0.0378. The summed E-state index contributed by atoms with van der Waals surface area (Å²) in [6.45, 7) is 0. The average Bonchev–Trinajstić information content (AvgIpc) is 2.67. The number of hydrogen-bond donors (Lipinski definition) is 2. The summed E-state index contributed by atoms with van der Waals surface area (Å²) >= 11 is 0. The Balaban J connectivity index is 2.45. The van der Waals surface area contributed by atoms with E-state index in [-0.39, 0.29) is 5.92 Å². The maximum Gasteiger partial charge on any atom is 0.325 e. The van der Waals surface area contributed by atoms with Crippen molar-refractivity contribution in [2.75, 3.05) is 7.11 Å². The molecule has 2 atom stereocenters. The topological polar surface area (TPSA) is 72.5 Å². The molecule has 1 aliphatic rings. The minimum atomic E-state index is -0.881. The Morgan fingerprint density at radius 1 is 1.54 bits per heavy atom. The SMILES string of the molecule is COC(=O)[C@@H](N)[C@H](O)C1CCCC1. The van der Waals surface area contributed by atoms with Crippen molar-refractivity contribution in [1.29, 1.82) is 0 Å². The van der Waals surface area contributed by atoms with Crippen molar-refractivity contribution in [1.82, 2.24) is 0 Å². The number of ether oxygens (including phenoxy) is 1. The fourth-order valence-corrected chi connectivity index (χ4v) is 1.87. The molecule has 76 valence electrons. The molecular formula is C9H17NO3. The van der Waals surface area contributed by atoms with E-state index in [1.165, 1.54) is 7.11 Å². The number of methoxy groups -OCH3 is 1. The molecule has 1 fully saturated rings. The van der Waals surface area contributed by atoms with E-state index in [1.54, 1.807) is 0 Å². The number of nitrogens with two attached hydrogens (primary N) is 1. The van der Waals surface area contributed by atoms with Crippen LogP contribution in [0.2, 0.25) is 0 Å². The Labute approximate surface area is 78.1 Å². The molecule has 0 spiro atoms. The molecule has 1 rings (SSSR count). The van der Waals surface area contributed by atoms with E-state index >= 15 is 0 Å². The van der Waals surface area contributed by atoms with Crippen LogP contribution in [0.15, 0.2) is 0 Å². The lowest BCUT2D eigenvalue weighted by Gasteiger charge is -2.21. The third kappa shape index (κ3) is 2.42. The van der Waals surface area contributed by atoms with Crippen LogP contribution in [-0.4, -0.2) is 30.3 Å². The van der Waals surface area contributed by atoms with Gasteiger partial charge in [0.25, 0.3) is 0 Å². The molecule has 0 aromatic heterocycles. The second-order valence-corrected chi connectivity index (χ2v) is 3.58. The monoisotopic (exact) mass is 187 g/mol. The standard InChI is InChI=1S/C9H17NO3/c1-13-9(12)7(10)8(11)6-4-2-3-5-6/h6-8,11H,2-5,10H2,1H3/t7-,8+/m0/s1. The predicted molar refractivity (Wildman–Crippen MR) is 48.0 cm³/mol. The molecule has 13 heavy (non-hydrogen) atoms. The lowest BCUT2D eigenvalue weighted by molar-refractivity contribution is -0.145. The highest BCUT2D eigenvalue weighted by atomic mass is 16.5. The first-order valence-electron chi connectivity index (χ1n) is 4.68. The highest BCUT2D eigenvalue weighted by Crippen LogP contribution is 2.28.